The second kappa shape index (κ2) is 26.8. The maximum atomic E-state index is 10.8. The predicted octanol–water partition coefficient (Wildman–Crippen LogP) is 9.86. The van der Waals surface area contributed by atoms with Crippen LogP contribution in [0, 0.1) is 0 Å². The van der Waals surface area contributed by atoms with Crippen LogP contribution < -0.4 is 0 Å². The molecule has 66 heavy (non-hydrogen) atoms. The van der Waals surface area contributed by atoms with E-state index in [0.717, 1.165) is 33.4 Å². The molecule has 7 rings (SSSR count). The Kier molecular flexibility index (Phi) is 19.5. The first-order chi connectivity index (χ1) is 32.7. The van der Waals surface area contributed by atoms with Crippen molar-refractivity contribution in [3.8, 4) is 0 Å². The van der Waals surface area contributed by atoms with Gasteiger partial charge in [0.1, 0.15) is 42.3 Å². The van der Waals surface area contributed by atoms with E-state index in [4.69, 9.17) is 42.6 Å². The van der Waals surface area contributed by atoms with Crippen molar-refractivity contribution >= 4 is 5.71 Å². The van der Waals surface area contributed by atoms with Crippen molar-refractivity contribution in [2.75, 3.05) is 20.3 Å². The van der Waals surface area contributed by atoms with Crippen molar-refractivity contribution < 1.29 is 47.8 Å². The number of oxime groups is 1. The van der Waals surface area contributed by atoms with Gasteiger partial charge in [-0.2, -0.15) is 0 Å². The quantitative estimate of drug-likeness (QED) is 0.0244. The van der Waals surface area contributed by atoms with Gasteiger partial charge in [0.15, 0.2) is 6.29 Å². The van der Waals surface area contributed by atoms with Gasteiger partial charge in [-0.05, 0) is 39.5 Å². The van der Waals surface area contributed by atoms with Crippen LogP contribution in [0.1, 0.15) is 33.4 Å². The molecule has 1 saturated heterocycles. The molecule has 1 heterocycles. The molecule has 1 aliphatic rings. The average Bonchev–Trinajstić information content (AvgIpc) is 3.37. The van der Waals surface area contributed by atoms with Gasteiger partial charge in [0, 0.05) is 0 Å². The monoisotopic (exact) mass is 893 g/mol. The molecular formula is C55H59NO10. The van der Waals surface area contributed by atoms with Crippen LogP contribution in [0.5, 0.6) is 0 Å². The number of rotatable bonds is 26. The highest BCUT2D eigenvalue weighted by Gasteiger charge is 2.50. The fraction of sp³-hybridized carbons (Fsp3) is 0.291. The molecule has 0 radical (unpaired) electrons. The van der Waals surface area contributed by atoms with Gasteiger partial charge in [0.2, 0.25) is 0 Å². The van der Waals surface area contributed by atoms with Crippen LogP contribution in [0.4, 0.5) is 0 Å². The Labute approximate surface area is 388 Å². The van der Waals surface area contributed by atoms with Gasteiger partial charge in [0.25, 0.3) is 0 Å². The van der Waals surface area contributed by atoms with E-state index in [1.54, 1.807) is 13.2 Å². The minimum atomic E-state index is -1.16. The molecule has 344 valence electrons. The van der Waals surface area contributed by atoms with E-state index in [2.05, 4.69) is 5.16 Å². The van der Waals surface area contributed by atoms with Crippen molar-refractivity contribution in [2.24, 2.45) is 5.16 Å². The van der Waals surface area contributed by atoms with Gasteiger partial charge in [-0.25, -0.2) is 0 Å². The van der Waals surface area contributed by atoms with Crippen molar-refractivity contribution in [3.63, 3.8) is 0 Å². The summed E-state index contributed by atoms with van der Waals surface area (Å²) in [7, 11) is 1.55. The van der Waals surface area contributed by atoms with Crippen LogP contribution in [0.2, 0.25) is 0 Å². The van der Waals surface area contributed by atoms with Crippen LogP contribution in [-0.2, 0) is 82.3 Å². The third kappa shape index (κ3) is 15.0. The zero-order valence-corrected chi connectivity index (χ0v) is 37.2. The first-order valence-electron chi connectivity index (χ1n) is 22.2. The fourth-order valence-corrected chi connectivity index (χ4v) is 7.53. The average molecular weight is 894 g/mol. The van der Waals surface area contributed by atoms with Gasteiger partial charge in [-0.3, -0.25) is 0 Å². The zero-order valence-electron chi connectivity index (χ0n) is 37.2. The second-order valence-corrected chi connectivity index (χ2v) is 15.8. The standard InChI is InChI=1S/C55H59NO10/c1-58-33-32-49(61-36-44-24-12-4-13-25-44)51(48(56-57)40-59-34-42-20-8-2-9-21-42)66-55-54(64-39-47-30-18-7-19-31-47)53(63-38-46-28-16-6-17-29-46)52(62-37-45-26-14-5-15-27-45)50(65-55)41-60-35-43-22-10-3-11-23-43/h2-33,49-55,57H,34-41H2,1H3/b33-32+,56-48+/t49-,50-,51-,52-,53+,54-,55+/m1/s1. The molecule has 11 nitrogen and oxygen atoms in total. The topological polar surface area (TPSA) is 116 Å². The molecule has 0 bridgehead atoms. The van der Waals surface area contributed by atoms with Gasteiger partial charge in [0.05, 0.1) is 66.2 Å². The number of nitrogens with zero attached hydrogens (tertiary/aromatic N) is 1. The summed E-state index contributed by atoms with van der Waals surface area (Å²) < 4.78 is 59.6. The highest BCUT2D eigenvalue weighted by atomic mass is 16.7. The molecular weight excluding hydrogens is 835 g/mol. The van der Waals surface area contributed by atoms with Crippen molar-refractivity contribution in [1.29, 1.82) is 0 Å². The minimum absolute atomic E-state index is 0.106. The lowest BCUT2D eigenvalue weighted by atomic mass is 9.97. The molecule has 0 aliphatic carbocycles. The molecule has 1 N–H and O–H groups in total. The van der Waals surface area contributed by atoms with E-state index in [9.17, 15) is 5.21 Å². The van der Waals surface area contributed by atoms with E-state index in [0.29, 0.717) is 6.61 Å². The Morgan fingerprint density at radius 3 is 1.39 bits per heavy atom. The molecule has 6 aromatic rings. The number of benzene rings is 6. The number of hydrogen-bond donors (Lipinski definition) is 1. The van der Waals surface area contributed by atoms with Crippen molar-refractivity contribution in [3.05, 3.63) is 228 Å². The fourth-order valence-electron chi connectivity index (χ4n) is 7.53. The Hall–Kier alpha value is -5.99. The molecule has 7 atom stereocenters. The summed E-state index contributed by atoms with van der Waals surface area (Å²) in [4.78, 5) is 0. The highest BCUT2D eigenvalue weighted by Crippen LogP contribution is 2.33. The number of methoxy groups -OCH3 is 1. The molecule has 0 aromatic heterocycles. The Balaban J connectivity index is 1.27. The summed E-state index contributed by atoms with van der Waals surface area (Å²) >= 11 is 0. The van der Waals surface area contributed by atoms with Gasteiger partial charge >= 0.3 is 0 Å². The molecule has 0 spiro atoms. The molecule has 0 amide bonds. The molecule has 6 aromatic carbocycles. The van der Waals surface area contributed by atoms with Crippen molar-refractivity contribution in [2.45, 2.75) is 82.6 Å². The SMILES string of the molecule is CO/C=C/[C@@H](OCc1ccccc1)[C@H](O[C@@H]1O[C@H](COCc2ccccc2)[C@@H](OCc2ccccc2)[C@H](OCc2ccccc2)[C@H]1OCc1ccccc1)/C(COCc1ccccc1)=N/O. The first-order valence-corrected chi connectivity index (χ1v) is 22.2. The lowest BCUT2D eigenvalue weighted by Gasteiger charge is -2.47. The third-order valence-electron chi connectivity index (χ3n) is 10.9. The maximum Gasteiger partial charge on any atom is 0.187 e. The van der Waals surface area contributed by atoms with E-state index in [1.165, 1.54) is 6.26 Å². The molecule has 0 saturated carbocycles. The lowest BCUT2D eigenvalue weighted by Crippen LogP contribution is -2.63. The normalized spacial score (nSPS) is 19.7. The third-order valence-corrected chi connectivity index (χ3v) is 10.9. The van der Waals surface area contributed by atoms with E-state index in [-0.39, 0.29) is 52.0 Å². The minimum Gasteiger partial charge on any atom is -0.505 e. The van der Waals surface area contributed by atoms with Gasteiger partial charge in [-0.15, -0.1) is 0 Å². The molecule has 11 heteroatoms. The smallest absolute Gasteiger partial charge is 0.187 e. The predicted molar refractivity (Wildman–Crippen MR) is 251 cm³/mol. The summed E-state index contributed by atoms with van der Waals surface area (Å²) in [6, 6.07) is 59.3. The van der Waals surface area contributed by atoms with Crippen LogP contribution >= 0.6 is 0 Å². The van der Waals surface area contributed by atoms with E-state index in [1.807, 2.05) is 182 Å². The number of ether oxygens (including phenoxy) is 9. The Bertz CT molecular complexity index is 2270. The second-order valence-electron chi connectivity index (χ2n) is 15.8. The van der Waals surface area contributed by atoms with Gasteiger partial charge < -0.3 is 47.8 Å². The van der Waals surface area contributed by atoms with E-state index >= 15 is 0 Å². The van der Waals surface area contributed by atoms with Crippen LogP contribution in [-0.4, -0.2) is 74.2 Å². The van der Waals surface area contributed by atoms with Crippen LogP contribution in [0.3, 0.4) is 0 Å². The summed E-state index contributed by atoms with van der Waals surface area (Å²) in [5.41, 5.74) is 5.91. The Morgan fingerprint density at radius 1 is 0.530 bits per heavy atom. The Morgan fingerprint density at radius 2 is 0.939 bits per heavy atom. The highest BCUT2D eigenvalue weighted by molar-refractivity contribution is 5.90. The van der Waals surface area contributed by atoms with Crippen LogP contribution in [0.15, 0.2) is 199 Å². The summed E-state index contributed by atoms with van der Waals surface area (Å²) in [6.45, 7) is 1.52. The first kappa shape index (κ1) is 48.0. The zero-order chi connectivity index (χ0) is 45.4. The summed E-state index contributed by atoms with van der Waals surface area (Å²) in [5, 5.41) is 14.6. The summed E-state index contributed by atoms with van der Waals surface area (Å²) in [5.74, 6) is 0. The number of hydrogen-bond acceptors (Lipinski definition) is 11. The lowest BCUT2D eigenvalue weighted by molar-refractivity contribution is -0.335. The molecule has 0 unspecified atom stereocenters. The van der Waals surface area contributed by atoms with Crippen LogP contribution in [0.25, 0.3) is 0 Å². The van der Waals surface area contributed by atoms with Crippen molar-refractivity contribution in [1.82, 2.24) is 0 Å². The van der Waals surface area contributed by atoms with E-state index < -0.39 is 42.9 Å². The summed E-state index contributed by atoms with van der Waals surface area (Å²) in [6.07, 6.45) is -3.03. The maximum absolute atomic E-state index is 10.8. The molecule has 1 aliphatic heterocycles. The molecule has 1 fully saturated rings. The van der Waals surface area contributed by atoms with Gasteiger partial charge in [-0.1, -0.05) is 187 Å². The largest absolute Gasteiger partial charge is 0.505 e.